The zero-order valence-corrected chi connectivity index (χ0v) is 10.8. The molecule has 2 rings (SSSR count). The molecular formula is C12H16N2O2S. The second-order valence-electron chi connectivity index (χ2n) is 4.36. The normalized spacial score (nSPS) is 24.7. The number of pyridine rings is 1. The van der Waals surface area contributed by atoms with Crippen LogP contribution in [0, 0.1) is 0 Å². The highest BCUT2D eigenvalue weighted by molar-refractivity contribution is 8.00. The van der Waals surface area contributed by atoms with Gasteiger partial charge in [-0.3, -0.25) is 4.98 Å². The van der Waals surface area contributed by atoms with Crippen molar-refractivity contribution in [3.63, 3.8) is 0 Å². The SMILES string of the molecule is CC1CN(c2ccncc2C(=O)O)CC(C)S1. The topological polar surface area (TPSA) is 53.4 Å². The van der Waals surface area contributed by atoms with E-state index in [4.69, 9.17) is 5.11 Å². The molecule has 0 radical (unpaired) electrons. The lowest BCUT2D eigenvalue weighted by atomic mass is 10.2. The third-order valence-corrected chi connectivity index (χ3v) is 4.02. The smallest absolute Gasteiger partial charge is 0.339 e. The van der Waals surface area contributed by atoms with Crippen LogP contribution in [-0.2, 0) is 0 Å². The quantitative estimate of drug-likeness (QED) is 0.873. The molecule has 17 heavy (non-hydrogen) atoms. The molecule has 2 atom stereocenters. The Morgan fingerprint density at radius 2 is 2.12 bits per heavy atom. The fourth-order valence-corrected chi connectivity index (χ4v) is 3.53. The van der Waals surface area contributed by atoms with Gasteiger partial charge in [-0.1, -0.05) is 13.8 Å². The highest BCUT2D eigenvalue weighted by atomic mass is 32.2. The molecular weight excluding hydrogens is 236 g/mol. The highest BCUT2D eigenvalue weighted by Gasteiger charge is 2.25. The van der Waals surface area contributed by atoms with Crippen LogP contribution in [-0.4, -0.2) is 39.6 Å². The number of aromatic nitrogens is 1. The number of anilines is 1. The van der Waals surface area contributed by atoms with Gasteiger partial charge in [-0.05, 0) is 6.07 Å². The molecule has 1 aromatic rings. The van der Waals surface area contributed by atoms with Crippen LogP contribution in [0.5, 0.6) is 0 Å². The number of carbonyl (C=O) groups is 1. The summed E-state index contributed by atoms with van der Waals surface area (Å²) in [4.78, 5) is 17.2. The maximum atomic E-state index is 11.2. The van der Waals surface area contributed by atoms with Crippen molar-refractivity contribution in [2.45, 2.75) is 24.3 Å². The number of carboxylic acids is 1. The van der Waals surface area contributed by atoms with Crippen LogP contribution < -0.4 is 4.90 Å². The Kier molecular flexibility index (Phi) is 3.57. The average molecular weight is 252 g/mol. The lowest BCUT2D eigenvalue weighted by Crippen LogP contribution is -2.41. The number of aromatic carboxylic acids is 1. The van der Waals surface area contributed by atoms with Gasteiger partial charge < -0.3 is 10.0 Å². The van der Waals surface area contributed by atoms with Crippen LogP contribution in [0.4, 0.5) is 5.69 Å². The summed E-state index contributed by atoms with van der Waals surface area (Å²) in [6.07, 6.45) is 3.08. The van der Waals surface area contributed by atoms with E-state index in [1.54, 1.807) is 12.3 Å². The predicted octanol–water partition coefficient (Wildman–Crippen LogP) is 2.11. The summed E-state index contributed by atoms with van der Waals surface area (Å²) in [5.41, 5.74) is 1.07. The van der Waals surface area contributed by atoms with Crippen molar-refractivity contribution in [2.24, 2.45) is 0 Å². The molecule has 0 bridgehead atoms. The monoisotopic (exact) mass is 252 g/mol. The Morgan fingerprint density at radius 3 is 2.71 bits per heavy atom. The van der Waals surface area contributed by atoms with Gasteiger partial charge in [0, 0.05) is 36.0 Å². The van der Waals surface area contributed by atoms with E-state index in [0.717, 1.165) is 18.8 Å². The van der Waals surface area contributed by atoms with E-state index < -0.39 is 5.97 Å². The molecule has 1 N–H and O–H groups in total. The Balaban J connectivity index is 2.30. The fourth-order valence-electron chi connectivity index (χ4n) is 2.20. The maximum Gasteiger partial charge on any atom is 0.339 e. The van der Waals surface area contributed by atoms with Crippen molar-refractivity contribution in [2.75, 3.05) is 18.0 Å². The maximum absolute atomic E-state index is 11.2. The lowest BCUT2D eigenvalue weighted by Gasteiger charge is -2.36. The number of thioether (sulfide) groups is 1. The molecule has 1 saturated heterocycles. The first kappa shape index (κ1) is 12.2. The molecule has 2 unspecified atom stereocenters. The molecule has 5 heteroatoms. The predicted molar refractivity (Wildman–Crippen MR) is 69.9 cm³/mol. The van der Waals surface area contributed by atoms with Gasteiger partial charge in [-0.15, -0.1) is 0 Å². The molecule has 0 aromatic carbocycles. The van der Waals surface area contributed by atoms with E-state index in [1.165, 1.54) is 6.20 Å². The molecule has 0 saturated carbocycles. The molecule has 1 aliphatic rings. The Bertz CT molecular complexity index is 415. The first-order valence-corrected chi connectivity index (χ1v) is 6.60. The van der Waals surface area contributed by atoms with Crippen molar-refractivity contribution in [1.29, 1.82) is 0 Å². The first-order valence-electron chi connectivity index (χ1n) is 5.65. The van der Waals surface area contributed by atoms with Crippen molar-refractivity contribution in [3.05, 3.63) is 24.0 Å². The Morgan fingerprint density at radius 1 is 1.47 bits per heavy atom. The summed E-state index contributed by atoms with van der Waals surface area (Å²) < 4.78 is 0. The minimum atomic E-state index is -0.911. The Labute approximate surface area is 105 Å². The van der Waals surface area contributed by atoms with Gasteiger partial charge in [-0.2, -0.15) is 11.8 Å². The molecule has 92 valence electrons. The van der Waals surface area contributed by atoms with Crippen LogP contribution in [0.3, 0.4) is 0 Å². The van der Waals surface area contributed by atoms with Gasteiger partial charge in [0.15, 0.2) is 0 Å². The van der Waals surface area contributed by atoms with E-state index in [-0.39, 0.29) is 0 Å². The number of rotatable bonds is 2. The molecule has 0 aliphatic carbocycles. The van der Waals surface area contributed by atoms with Crippen molar-refractivity contribution in [1.82, 2.24) is 4.98 Å². The second-order valence-corrected chi connectivity index (χ2v) is 6.24. The summed E-state index contributed by atoms with van der Waals surface area (Å²) in [6.45, 7) is 6.13. The molecule has 1 aromatic heterocycles. The number of nitrogens with zero attached hydrogens (tertiary/aromatic N) is 2. The number of carboxylic acid groups (broad SMARTS) is 1. The summed E-state index contributed by atoms with van der Waals surface area (Å²) in [5, 5.41) is 10.2. The fraction of sp³-hybridized carbons (Fsp3) is 0.500. The standard InChI is InChI=1S/C12H16N2O2S/c1-8-6-14(7-9(2)17-8)11-3-4-13-5-10(11)12(15)16/h3-5,8-9H,6-7H2,1-2H3,(H,15,16). The molecule has 0 amide bonds. The third kappa shape index (κ3) is 2.72. The van der Waals surface area contributed by atoms with Gasteiger partial charge in [-0.25, -0.2) is 4.79 Å². The lowest BCUT2D eigenvalue weighted by molar-refractivity contribution is 0.0697. The minimum Gasteiger partial charge on any atom is -0.478 e. The van der Waals surface area contributed by atoms with Gasteiger partial charge in [0.05, 0.1) is 5.69 Å². The summed E-state index contributed by atoms with van der Waals surface area (Å²) in [6, 6.07) is 1.79. The van der Waals surface area contributed by atoms with Gasteiger partial charge in [0.25, 0.3) is 0 Å². The second kappa shape index (κ2) is 4.96. The van der Waals surface area contributed by atoms with E-state index in [1.807, 2.05) is 11.8 Å². The van der Waals surface area contributed by atoms with Crippen molar-refractivity contribution < 1.29 is 9.90 Å². The summed E-state index contributed by atoms with van der Waals surface area (Å²) >= 11 is 1.95. The zero-order chi connectivity index (χ0) is 12.4. The zero-order valence-electron chi connectivity index (χ0n) is 9.96. The van der Waals surface area contributed by atoms with E-state index in [2.05, 4.69) is 23.7 Å². The molecule has 1 aliphatic heterocycles. The first-order chi connectivity index (χ1) is 8.08. The van der Waals surface area contributed by atoms with E-state index in [0.29, 0.717) is 16.1 Å². The van der Waals surface area contributed by atoms with Crippen LogP contribution in [0.25, 0.3) is 0 Å². The van der Waals surface area contributed by atoms with E-state index in [9.17, 15) is 4.79 Å². The summed E-state index contributed by atoms with van der Waals surface area (Å²) in [5.74, 6) is -0.911. The third-order valence-electron chi connectivity index (χ3n) is 2.79. The van der Waals surface area contributed by atoms with Crippen LogP contribution >= 0.6 is 11.8 Å². The van der Waals surface area contributed by atoms with Gasteiger partial charge >= 0.3 is 5.97 Å². The molecule has 2 heterocycles. The Hall–Kier alpha value is -1.23. The van der Waals surface area contributed by atoms with Crippen LogP contribution in [0.1, 0.15) is 24.2 Å². The minimum absolute atomic E-state index is 0.291. The van der Waals surface area contributed by atoms with Crippen LogP contribution in [0.15, 0.2) is 18.5 Å². The van der Waals surface area contributed by atoms with Gasteiger partial charge in [0.2, 0.25) is 0 Å². The van der Waals surface area contributed by atoms with Gasteiger partial charge in [0.1, 0.15) is 5.56 Å². The van der Waals surface area contributed by atoms with E-state index >= 15 is 0 Å². The molecule has 1 fully saturated rings. The van der Waals surface area contributed by atoms with Crippen molar-refractivity contribution in [3.8, 4) is 0 Å². The molecule has 4 nitrogen and oxygen atoms in total. The average Bonchev–Trinajstić information content (AvgIpc) is 2.27. The van der Waals surface area contributed by atoms with Crippen molar-refractivity contribution >= 4 is 23.4 Å². The summed E-state index contributed by atoms with van der Waals surface area (Å²) in [7, 11) is 0. The molecule has 0 spiro atoms. The largest absolute Gasteiger partial charge is 0.478 e. The number of hydrogen-bond acceptors (Lipinski definition) is 4. The highest BCUT2D eigenvalue weighted by Crippen LogP contribution is 2.30. The number of hydrogen-bond donors (Lipinski definition) is 1. The van der Waals surface area contributed by atoms with Crippen LogP contribution in [0.2, 0.25) is 0 Å².